The minimum Gasteiger partial charge on any atom is -0.455 e. The van der Waals surface area contributed by atoms with E-state index in [0.717, 1.165) is 49.8 Å². The zero-order valence-corrected chi connectivity index (χ0v) is 56.1. The van der Waals surface area contributed by atoms with Gasteiger partial charge in [0.2, 0.25) is 20.0 Å². The summed E-state index contributed by atoms with van der Waals surface area (Å²) >= 11 is 5.89. The molecule has 96 heavy (non-hydrogen) atoms. The first-order valence-corrected chi connectivity index (χ1v) is 33.6. The third-order valence-corrected chi connectivity index (χ3v) is 19.5. The molecule has 9 heterocycles. The van der Waals surface area contributed by atoms with E-state index >= 15 is 0 Å². The summed E-state index contributed by atoms with van der Waals surface area (Å²) in [6, 6.07) is 28.0. The first-order valence-electron chi connectivity index (χ1n) is 29.5. The molecule has 494 valence electrons. The summed E-state index contributed by atoms with van der Waals surface area (Å²) in [5.41, 5.74) is 7.80. The maximum atomic E-state index is 14.4. The minimum atomic E-state index is -3.74. The van der Waals surface area contributed by atoms with Crippen LogP contribution >= 0.6 is 11.6 Å². The van der Waals surface area contributed by atoms with Crippen molar-refractivity contribution in [1.82, 2.24) is 40.5 Å². The van der Waals surface area contributed by atoms with Crippen molar-refractivity contribution < 1.29 is 62.1 Å². The molecule has 1 saturated heterocycles. The van der Waals surface area contributed by atoms with Crippen molar-refractivity contribution in [2.45, 2.75) is 52.7 Å². The van der Waals surface area contributed by atoms with E-state index < -0.39 is 67.6 Å². The molecule has 2 amide bonds. The van der Waals surface area contributed by atoms with Gasteiger partial charge in [0.15, 0.2) is 11.6 Å². The smallest absolute Gasteiger partial charge is 0.455 e. The number of carbonyl (C=O) groups excluding carboxylic acids is 2. The number of anilines is 2. The van der Waals surface area contributed by atoms with E-state index in [9.17, 15) is 44.0 Å². The van der Waals surface area contributed by atoms with Crippen LogP contribution in [0.25, 0.3) is 100 Å². The Morgan fingerprint density at radius 1 is 0.562 bits per heavy atom. The fourth-order valence-electron chi connectivity index (χ4n) is 10.9. The van der Waals surface area contributed by atoms with E-state index in [2.05, 4.69) is 35.6 Å². The van der Waals surface area contributed by atoms with Gasteiger partial charge in [-0.25, -0.2) is 44.4 Å². The molecule has 0 radical (unpaired) electrons. The minimum absolute atomic E-state index is 0.199. The summed E-state index contributed by atoms with van der Waals surface area (Å²) < 4.78 is 132. The number of amides is 2. The number of rotatable bonds is 12. The topological polar surface area (TPSA) is 261 Å². The second-order valence-electron chi connectivity index (χ2n) is 23.8. The molecule has 20 nitrogen and oxygen atoms in total. The normalized spacial score (nSPS) is 13.6. The summed E-state index contributed by atoms with van der Waals surface area (Å²) in [5, 5.41) is 7.36. The van der Waals surface area contributed by atoms with Crippen molar-refractivity contribution in [2.75, 3.05) is 49.3 Å². The number of nitrogens with zero attached hydrogens (tertiary/aromatic N) is 6. The maximum absolute atomic E-state index is 14.4. The van der Waals surface area contributed by atoms with E-state index in [1.54, 1.807) is 48.7 Å². The second-order valence-corrected chi connectivity index (χ2v) is 28.2. The molecule has 0 spiro atoms. The molecule has 8 aromatic heterocycles. The van der Waals surface area contributed by atoms with Gasteiger partial charge in [0, 0.05) is 84.0 Å². The van der Waals surface area contributed by atoms with Gasteiger partial charge in [0.25, 0.3) is 11.8 Å². The van der Waals surface area contributed by atoms with E-state index in [4.69, 9.17) is 34.7 Å². The summed E-state index contributed by atoms with van der Waals surface area (Å²) in [4.78, 5) is 49.2. The number of sulfonamides is 2. The molecule has 0 saturated carbocycles. The van der Waals surface area contributed by atoms with E-state index in [1.807, 2.05) is 53.7 Å². The van der Waals surface area contributed by atoms with Gasteiger partial charge in [-0.1, -0.05) is 23.7 Å². The summed E-state index contributed by atoms with van der Waals surface area (Å²) in [6.07, 6.45) is 7.60. The van der Waals surface area contributed by atoms with E-state index in [0.29, 0.717) is 82.7 Å². The lowest BCUT2D eigenvalue weighted by Crippen LogP contribution is -2.41. The molecular weight excluding hydrogens is 1300 g/mol. The lowest BCUT2D eigenvalue weighted by molar-refractivity contribution is 0.00578. The number of carbonyl (C=O) groups is 2. The molecule has 1 aliphatic heterocycles. The third kappa shape index (κ3) is 13.0. The number of halogens is 5. The number of nitrogens with one attached hydrogen (secondary N) is 4. The SMILES string of the molecule is CNC(=O)c1c(-c2ccc(F)cc2)oc2cc(N(C)S(C)(=O)=O)c(-c3ccc(C)c(-c4cc5c(F)cncc5[nH]4)n3)cc12.CNC(=O)c1c(-c2ccc(F)cc2)oc2cc(N(C)S(C)(=O)=O)c(B3OC(C)(C)C(C)(C)O3)cc12.Cc1ccc(Cl)nc1-c1cc2c(F)cncc2[nH]1. The maximum Gasteiger partial charge on any atom is 0.497 e. The third-order valence-electron chi connectivity index (χ3n) is 16.9. The summed E-state index contributed by atoms with van der Waals surface area (Å²) in [5.74, 6) is -2.12. The molecule has 1 fully saturated rings. The molecule has 0 atom stereocenters. The number of fused-ring (bicyclic) bond motifs is 4. The van der Waals surface area contributed by atoms with Crippen LogP contribution in [0.4, 0.5) is 28.9 Å². The Kier molecular flexibility index (Phi) is 18.0. The predicted molar refractivity (Wildman–Crippen MR) is 364 cm³/mol. The molecule has 13 rings (SSSR count). The molecule has 4 aromatic carbocycles. The number of aromatic nitrogens is 6. The van der Waals surface area contributed by atoms with Gasteiger partial charge in [0.1, 0.15) is 39.5 Å². The highest BCUT2D eigenvalue weighted by atomic mass is 35.5. The molecule has 0 unspecified atom stereocenters. The monoisotopic (exact) mass is 1360 g/mol. The van der Waals surface area contributed by atoms with Gasteiger partial charge in [-0.05, 0) is 138 Å². The van der Waals surface area contributed by atoms with Crippen LogP contribution in [-0.2, 0) is 29.4 Å². The summed E-state index contributed by atoms with van der Waals surface area (Å²) in [6.45, 7) is 11.4. The van der Waals surface area contributed by atoms with Crippen molar-refractivity contribution in [3.8, 4) is 56.7 Å². The second kappa shape index (κ2) is 25.7. The number of hydrogen-bond acceptors (Lipinski definition) is 14. The van der Waals surface area contributed by atoms with E-state index in [1.165, 1.54) is 95.2 Å². The zero-order chi connectivity index (χ0) is 69.2. The highest BCUT2D eigenvalue weighted by molar-refractivity contribution is 7.92. The first kappa shape index (κ1) is 67.5. The number of pyridine rings is 4. The molecule has 1 aliphatic rings. The highest BCUT2D eigenvalue weighted by Crippen LogP contribution is 2.44. The molecule has 28 heteroatoms. The largest absolute Gasteiger partial charge is 0.497 e. The van der Waals surface area contributed by atoms with Crippen LogP contribution in [-0.4, -0.2) is 118 Å². The van der Waals surface area contributed by atoms with Gasteiger partial charge in [-0.3, -0.25) is 28.2 Å². The Hall–Kier alpha value is -9.93. The van der Waals surface area contributed by atoms with Crippen LogP contribution in [0.15, 0.2) is 143 Å². The van der Waals surface area contributed by atoms with Crippen LogP contribution in [0.2, 0.25) is 5.15 Å². The fourth-order valence-corrected chi connectivity index (χ4v) is 12.0. The number of benzene rings is 4. The van der Waals surface area contributed by atoms with Crippen molar-refractivity contribution in [3.05, 3.63) is 185 Å². The molecule has 12 aromatic rings. The lowest BCUT2D eigenvalue weighted by Gasteiger charge is -2.32. The number of hydrogen-bond donors (Lipinski definition) is 4. The van der Waals surface area contributed by atoms with Gasteiger partial charge in [0.05, 0.1) is 111 Å². The molecular formula is C68H62BClF4N10O10S2. The Labute approximate surface area is 554 Å². The number of aromatic amines is 2. The van der Waals surface area contributed by atoms with Crippen molar-refractivity contribution in [2.24, 2.45) is 0 Å². The number of furan rings is 2. The standard InChI is InChI=1S/C31H25F2N5O4S.C24H28BFN2O6S.C13H9ClFN3/c1-16-5-10-23(37-29(16)24-12-19-22(33)14-35-15-25(19)36-24)20-11-21-27(13-26(20)38(3)43(4,40)41)42-30(28(21)31(39)34-2)17-6-8-18(32)9-7-17;1-23(2)24(3,4)34-25(33-23)17-12-16-19(13-18(17)28(6)35(7,30)31)32-21(20(16)22(29)27-5)14-8-10-15(26)11-9-14;1-7-2-3-12(14)18-13(7)10-4-8-9(15)5-16-6-11(8)17-10/h5-15,36H,1-4H3,(H,34,39);8-13H,1-7H3,(H,27,29);2-6,17H,1H3. The van der Waals surface area contributed by atoms with Gasteiger partial charge < -0.3 is 38.7 Å². The Balaban J connectivity index is 0.000000158. The fraction of sp³-hybridized carbons (Fsp3) is 0.206. The zero-order valence-electron chi connectivity index (χ0n) is 53.8. The average molecular weight is 1370 g/mol. The first-order chi connectivity index (χ1) is 45.3. The molecule has 0 aliphatic carbocycles. The van der Waals surface area contributed by atoms with E-state index in [-0.39, 0.29) is 45.3 Å². The predicted octanol–water partition coefficient (Wildman–Crippen LogP) is 13.1. The Morgan fingerprint density at radius 3 is 1.44 bits per heavy atom. The lowest BCUT2D eigenvalue weighted by atomic mass is 9.77. The molecule has 4 N–H and O–H groups in total. The van der Waals surface area contributed by atoms with Crippen molar-refractivity contribution in [3.63, 3.8) is 0 Å². The Morgan fingerprint density at radius 2 is 0.990 bits per heavy atom. The van der Waals surface area contributed by atoms with Crippen LogP contribution in [0.5, 0.6) is 0 Å². The average Bonchev–Trinajstić information content (AvgIpc) is 1.57. The van der Waals surface area contributed by atoms with Gasteiger partial charge in [-0.15, -0.1) is 0 Å². The van der Waals surface area contributed by atoms with Crippen molar-refractivity contribution >= 4 is 111 Å². The number of aryl methyl sites for hydroxylation is 2. The van der Waals surface area contributed by atoms with Crippen LogP contribution < -0.4 is 24.7 Å². The van der Waals surface area contributed by atoms with Crippen LogP contribution in [0, 0.1) is 37.1 Å². The van der Waals surface area contributed by atoms with Crippen LogP contribution in [0.1, 0.15) is 59.5 Å². The highest BCUT2D eigenvalue weighted by Gasteiger charge is 2.53. The number of H-pyrrole nitrogens is 2. The van der Waals surface area contributed by atoms with Gasteiger partial charge >= 0.3 is 7.12 Å². The van der Waals surface area contributed by atoms with Crippen LogP contribution in [0.3, 0.4) is 0 Å². The quantitative estimate of drug-likeness (QED) is 0.0504. The molecule has 0 bridgehead atoms. The van der Waals surface area contributed by atoms with Gasteiger partial charge in [-0.2, -0.15) is 0 Å². The summed E-state index contributed by atoms with van der Waals surface area (Å²) in [7, 11) is -2.48. The Bertz CT molecular complexity index is 5300. The van der Waals surface area contributed by atoms with Crippen molar-refractivity contribution in [1.29, 1.82) is 0 Å².